The number of hydrogen-bond donors (Lipinski definition) is 4. The normalized spacial score (nSPS) is 22.7. The Labute approximate surface area is 227 Å². The van der Waals surface area contributed by atoms with Crippen LogP contribution >= 0.6 is 11.3 Å². The van der Waals surface area contributed by atoms with Gasteiger partial charge in [-0.3, -0.25) is 14.4 Å². The molecule has 3 amide bonds. The number of carbonyl (C=O) groups excluding carboxylic acids is 3. The molecule has 0 radical (unpaired) electrons. The Morgan fingerprint density at radius 1 is 1.26 bits per heavy atom. The van der Waals surface area contributed by atoms with Crippen LogP contribution in [0.1, 0.15) is 38.4 Å². The molecule has 0 aliphatic carbocycles. The topological polar surface area (TPSA) is 133 Å². The van der Waals surface area contributed by atoms with Gasteiger partial charge in [-0.25, -0.2) is 4.98 Å². The molecule has 2 aliphatic heterocycles. The second-order valence-corrected chi connectivity index (χ2v) is 11.4. The number of aryl methyl sites for hydroxylation is 1. The van der Waals surface area contributed by atoms with Gasteiger partial charge in [-0.05, 0) is 38.8 Å². The summed E-state index contributed by atoms with van der Waals surface area (Å²) in [7, 11) is 0. The summed E-state index contributed by atoms with van der Waals surface area (Å²) in [5.41, 5.74) is 3.81. The quantitative estimate of drug-likeness (QED) is 0.394. The zero-order valence-electron chi connectivity index (χ0n) is 22.3. The number of ether oxygens (including phenoxy) is 1. The number of likely N-dealkylation sites (tertiary alicyclic amines) is 1. The maximum atomic E-state index is 13.6. The minimum atomic E-state index is -1.00. The Morgan fingerprint density at radius 2 is 2.00 bits per heavy atom. The molecule has 0 spiro atoms. The standard InChI is InChI=1S/C27H37N5O5S/c1-16-23(38-15-30-16)19-7-5-18(6-8-19)12-29-25(35)22-11-20(33)13-32(22)26(36)27(3,4)17(2)31-24(34)21-14-37-10-9-28-21/h5-8,15,17,20-22,28,33H,9-14H2,1-4H3,(H,29,35)(H,31,34)/t17-,20+,21-,22-/m0/s1. The molecule has 1 aromatic carbocycles. The maximum Gasteiger partial charge on any atom is 0.243 e. The van der Waals surface area contributed by atoms with Crippen molar-refractivity contribution in [3.8, 4) is 10.4 Å². The van der Waals surface area contributed by atoms with E-state index in [1.165, 1.54) is 4.90 Å². The lowest BCUT2D eigenvalue weighted by molar-refractivity contribution is -0.147. The molecule has 0 bridgehead atoms. The lowest BCUT2D eigenvalue weighted by Gasteiger charge is -2.37. The van der Waals surface area contributed by atoms with E-state index < -0.39 is 29.6 Å². The molecule has 2 fully saturated rings. The van der Waals surface area contributed by atoms with E-state index >= 15 is 0 Å². The molecule has 4 rings (SSSR count). The van der Waals surface area contributed by atoms with Gasteiger partial charge in [-0.15, -0.1) is 11.3 Å². The summed E-state index contributed by atoms with van der Waals surface area (Å²) in [6, 6.07) is 6.17. The van der Waals surface area contributed by atoms with Gasteiger partial charge in [0.05, 0.1) is 40.8 Å². The molecule has 2 aromatic rings. The third-order valence-electron chi connectivity index (χ3n) is 7.50. The van der Waals surface area contributed by atoms with E-state index in [2.05, 4.69) is 20.9 Å². The van der Waals surface area contributed by atoms with Crippen LogP contribution in [-0.4, -0.2) is 83.2 Å². The maximum absolute atomic E-state index is 13.6. The van der Waals surface area contributed by atoms with E-state index in [-0.39, 0.29) is 37.3 Å². The highest BCUT2D eigenvalue weighted by Crippen LogP contribution is 2.30. The summed E-state index contributed by atoms with van der Waals surface area (Å²) in [6.07, 6.45) is -0.623. The summed E-state index contributed by atoms with van der Waals surface area (Å²) >= 11 is 1.59. The average Bonchev–Trinajstić information content (AvgIpc) is 3.52. The van der Waals surface area contributed by atoms with Crippen molar-refractivity contribution in [2.75, 3.05) is 26.3 Å². The molecule has 4 atom stereocenters. The second-order valence-electron chi connectivity index (χ2n) is 10.6. The van der Waals surface area contributed by atoms with Crippen molar-refractivity contribution < 1.29 is 24.2 Å². The van der Waals surface area contributed by atoms with E-state index in [9.17, 15) is 19.5 Å². The number of aromatic nitrogens is 1. The fraction of sp³-hybridized carbons (Fsp3) is 0.556. The van der Waals surface area contributed by atoms with Gasteiger partial charge in [0.1, 0.15) is 12.1 Å². The average molecular weight is 544 g/mol. The Bertz CT molecular complexity index is 1140. The number of nitrogens with zero attached hydrogens (tertiary/aromatic N) is 2. The van der Waals surface area contributed by atoms with Gasteiger partial charge < -0.3 is 30.7 Å². The van der Waals surface area contributed by atoms with Gasteiger partial charge in [-0.1, -0.05) is 24.3 Å². The Morgan fingerprint density at radius 3 is 2.63 bits per heavy atom. The largest absolute Gasteiger partial charge is 0.391 e. The number of morpholine rings is 1. The fourth-order valence-electron chi connectivity index (χ4n) is 4.73. The summed E-state index contributed by atoms with van der Waals surface area (Å²) < 4.78 is 5.36. The van der Waals surface area contributed by atoms with Crippen LogP contribution in [0.15, 0.2) is 29.8 Å². The highest BCUT2D eigenvalue weighted by Gasteiger charge is 2.46. The van der Waals surface area contributed by atoms with E-state index in [4.69, 9.17) is 4.74 Å². The molecule has 0 unspecified atom stereocenters. The molecule has 1 aromatic heterocycles. The van der Waals surface area contributed by atoms with Gasteiger partial charge in [0.2, 0.25) is 17.7 Å². The number of β-amino-alcohol motifs (C(OH)–C–C–N with tert-alkyl or cyclic N) is 1. The molecule has 11 heteroatoms. The molecule has 38 heavy (non-hydrogen) atoms. The molecule has 2 aliphatic rings. The number of amides is 3. The number of thiazole rings is 1. The number of aliphatic hydroxyl groups excluding tert-OH is 1. The smallest absolute Gasteiger partial charge is 0.243 e. The number of benzene rings is 1. The Balaban J connectivity index is 1.36. The van der Waals surface area contributed by atoms with Crippen molar-refractivity contribution in [3.05, 3.63) is 41.0 Å². The summed E-state index contributed by atoms with van der Waals surface area (Å²) in [5, 5.41) is 19.3. The van der Waals surface area contributed by atoms with Crippen molar-refractivity contribution in [1.29, 1.82) is 0 Å². The molecule has 4 N–H and O–H groups in total. The SMILES string of the molecule is Cc1ncsc1-c1ccc(CNC(=O)[C@@H]2C[C@@H](O)CN2C(=O)C(C)(C)[C@H](C)NC(=O)[C@@H]2COCCN2)cc1. The molecule has 0 saturated carbocycles. The molecule has 206 valence electrons. The first-order valence-electron chi connectivity index (χ1n) is 13.0. The van der Waals surface area contributed by atoms with E-state index in [1.807, 2.05) is 36.7 Å². The third kappa shape index (κ3) is 6.23. The predicted molar refractivity (Wildman–Crippen MR) is 144 cm³/mol. The van der Waals surface area contributed by atoms with Gasteiger partial charge in [0, 0.05) is 32.1 Å². The lowest BCUT2D eigenvalue weighted by atomic mass is 9.83. The first kappa shape index (κ1) is 28.2. The van der Waals surface area contributed by atoms with Gasteiger partial charge in [0.15, 0.2) is 0 Å². The zero-order valence-corrected chi connectivity index (χ0v) is 23.1. The monoisotopic (exact) mass is 543 g/mol. The molecule has 2 saturated heterocycles. The minimum Gasteiger partial charge on any atom is -0.391 e. The molecule has 3 heterocycles. The highest BCUT2D eigenvalue weighted by molar-refractivity contribution is 7.13. The van der Waals surface area contributed by atoms with Crippen LogP contribution in [0.3, 0.4) is 0 Å². The van der Waals surface area contributed by atoms with Gasteiger partial charge >= 0.3 is 0 Å². The number of aliphatic hydroxyl groups is 1. The van der Waals surface area contributed by atoms with Crippen molar-refractivity contribution in [2.24, 2.45) is 5.41 Å². The van der Waals surface area contributed by atoms with Crippen LogP contribution in [0.2, 0.25) is 0 Å². The second kappa shape index (κ2) is 11.9. The van der Waals surface area contributed by atoms with Crippen LogP contribution in [0.4, 0.5) is 0 Å². The number of rotatable bonds is 8. The van der Waals surface area contributed by atoms with E-state index in [1.54, 1.807) is 32.1 Å². The summed E-state index contributed by atoms with van der Waals surface area (Å²) in [5.74, 6) is -0.835. The van der Waals surface area contributed by atoms with Crippen LogP contribution in [-0.2, 0) is 25.7 Å². The van der Waals surface area contributed by atoms with Crippen molar-refractivity contribution in [3.63, 3.8) is 0 Å². The summed E-state index contributed by atoms with van der Waals surface area (Å²) in [6.45, 7) is 9.05. The van der Waals surface area contributed by atoms with Crippen LogP contribution in [0, 0.1) is 12.3 Å². The number of carbonyl (C=O) groups is 3. The highest BCUT2D eigenvalue weighted by atomic mass is 32.1. The number of hydrogen-bond acceptors (Lipinski definition) is 8. The van der Waals surface area contributed by atoms with Crippen molar-refractivity contribution in [1.82, 2.24) is 25.8 Å². The molecular weight excluding hydrogens is 506 g/mol. The van der Waals surface area contributed by atoms with Crippen LogP contribution < -0.4 is 16.0 Å². The van der Waals surface area contributed by atoms with Crippen molar-refractivity contribution >= 4 is 29.1 Å². The first-order chi connectivity index (χ1) is 18.1. The summed E-state index contributed by atoms with van der Waals surface area (Å²) in [4.78, 5) is 46.3. The van der Waals surface area contributed by atoms with Crippen molar-refractivity contribution in [2.45, 2.75) is 64.9 Å². The van der Waals surface area contributed by atoms with E-state index in [0.29, 0.717) is 19.7 Å². The number of nitrogens with one attached hydrogen (secondary N) is 3. The minimum absolute atomic E-state index is 0.0714. The van der Waals surface area contributed by atoms with Crippen LogP contribution in [0.25, 0.3) is 10.4 Å². The molecule has 10 nitrogen and oxygen atoms in total. The third-order valence-corrected chi connectivity index (χ3v) is 8.48. The van der Waals surface area contributed by atoms with Gasteiger partial charge in [-0.2, -0.15) is 0 Å². The van der Waals surface area contributed by atoms with Crippen LogP contribution in [0.5, 0.6) is 0 Å². The lowest BCUT2D eigenvalue weighted by Crippen LogP contribution is -2.59. The molecular formula is C27H37N5O5S. The Kier molecular flexibility index (Phi) is 8.81. The van der Waals surface area contributed by atoms with Gasteiger partial charge in [0.25, 0.3) is 0 Å². The zero-order chi connectivity index (χ0) is 27.4. The Hall–Kier alpha value is -2.86. The predicted octanol–water partition coefficient (Wildman–Crippen LogP) is 1.22. The van der Waals surface area contributed by atoms with E-state index in [0.717, 1.165) is 21.7 Å². The fourth-order valence-corrected chi connectivity index (χ4v) is 5.54. The first-order valence-corrected chi connectivity index (χ1v) is 13.8.